The Balaban J connectivity index is 2.17. The van der Waals surface area contributed by atoms with E-state index in [0.717, 1.165) is 11.3 Å². The Labute approximate surface area is 93.4 Å². The van der Waals surface area contributed by atoms with Crippen LogP contribution in [0, 0.1) is 0 Å². The number of hydrogen-bond acceptors (Lipinski definition) is 5. The van der Waals surface area contributed by atoms with Crippen LogP contribution in [0.3, 0.4) is 0 Å². The summed E-state index contributed by atoms with van der Waals surface area (Å²) >= 11 is 0. The fourth-order valence-corrected chi connectivity index (χ4v) is 1.57. The number of nitrogens with two attached hydrogens (primary N) is 2. The minimum absolute atomic E-state index is 0.0958. The molecule has 5 heteroatoms. The van der Waals surface area contributed by atoms with Gasteiger partial charge in [0.2, 0.25) is 0 Å². The molecule has 1 atom stereocenters. The minimum atomic E-state index is -0.0958. The second-order valence-electron chi connectivity index (χ2n) is 3.49. The van der Waals surface area contributed by atoms with Crippen molar-refractivity contribution in [3.8, 4) is 0 Å². The molecule has 0 aliphatic carbocycles. The first-order valence-corrected chi connectivity index (χ1v) is 5.00. The molecule has 0 aliphatic rings. The molecule has 0 fully saturated rings. The Morgan fingerprint density at radius 3 is 2.88 bits per heavy atom. The fourth-order valence-electron chi connectivity index (χ4n) is 1.57. The summed E-state index contributed by atoms with van der Waals surface area (Å²) in [7, 11) is 0. The molecule has 5 N–H and O–H groups in total. The summed E-state index contributed by atoms with van der Waals surface area (Å²) in [6.45, 7) is 0. The zero-order valence-corrected chi connectivity index (χ0v) is 8.76. The third-order valence-corrected chi connectivity index (χ3v) is 2.44. The Hall–Kier alpha value is -1.85. The maximum atomic E-state index is 5.77. The third kappa shape index (κ3) is 2.21. The first kappa shape index (κ1) is 10.7. The molecule has 2 heterocycles. The van der Waals surface area contributed by atoms with Crippen molar-refractivity contribution in [1.29, 1.82) is 0 Å². The Bertz CT molecular complexity index is 441. The van der Waals surface area contributed by atoms with Gasteiger partial charge in [0.25, 0.3) is 0 Å². The van der Waals surface area contributed by atoms with Gasteiger partial charge >= 0.3 is 0 Å². The molecule has 1 unspecified atom stereocenters. The lowest BCUT2D eigenvalue weighted by Crippen LogP contribution is -2.29. The number of pyridine rings is 1. The predicted molar refractivity (Wildman–Crippen MR) is 61.1 cm³/mol. The van der Waals surface area contributed by atoms with Crippen LogP contribution in [0.1, 0.15) is 17.4 Å². The van der Waals surface area contributed by atoms with Crippen LogP contribution < -0.4 is 17.0 Å². The van der Waals surface area contributed by atoms with E-state index in [4.69, 9.17) is 16.0 Å². The summed E-state index contributed by atoms with van der Waals surface area (Å²) in [4.78, 5) is 4.03. The molecular weight excluding hydrogens is 204 g/mol. The van der Waals surface area contributed by atoms with E-state index in [0.29, 0.717) is 12.2 Å². The van der Waals surface area contributed by atoms with E-state index in [1.807, 2.05) is 24.3 Å². The van der Waals surface area contributed by atoms with Gasteiger partial charge in [-0.25, -0.2) is 10.4 Å². The number of nitrogens with zero attached hydrogens (tertiary/aromatic N) is 1. The molecule has 5 nitrogen and oxygen atoms in total. The zero-order chi connectivity index (χ0) is 11.4. The molecule has 2 rings (SSSR count). The smallest absolute Gasteiger partial charge is 0.126 e. The van der Waals surface area contributed by atoms with Crippen LogP contribution in [-0.4, -0.2) is 4.98 Å². The quantitative estimate of drug-likeness (QED) is 0.526. The van der Waals surface area contributed by atoms with Crippen molar-refractivity contribution in [3.05, 3.63) is 48.0 Å². The Kier molecular flexibility index (Phi) is 3.19. The second-order valence-corrected chi connectivity index (χ2v) is 3.49. The maximum absolute atomic E-state index is 5.77. The number of hydrazine groups is 1. The summed E-state index contributed by atoms with van der Waals surface area (Å²) in [6, 6.07) is 7.38. The van der Waals surface area contributed by atoms with Crippen LogP contribution in [0.5, 0.6) is 0 Å². The van der Waals surface area contributed by atoms with E-state index in [1.54, 1.807) is 12.5 Å². The Morgan fingerprint density at radius 1 is 1.38 bits per heavy atom. The van der Waals surface area contributed by atoms with E-state index in [2.05, 4.69) is 10.4 Å². The van der Waals surface area contributed by atoms with Gasteiger partial charge in [0, 0.05) is 6.20 Å². The molecule has 0 bridgehead atoms. The van der Waals surface area contributed by atoms with E-state index in [9.17, 15) is 0 Å². The number of anilines is 1. The van der Waals surface area contributed by atoms with Gasteiger partial charge in [-0.3, -0.25) is 5.84 Å². The van der Waals surface area contributed by atoms with Crippen LogP contribution in [-0.2, 0) is 6.42 Å². The molecule has 0 aromatic carbocycles. The number of furan rings is 1. The SMILES string of the molecule is NNC(Cc1cccnc1N)c1ccco1. The first-order valence-electron chi connectivity index (χ1n) is 5.00. The van der Waals surface area contributed by atoms with Gasteiger partial charge in [-0.2, -0.15) is 0 Å². The molecule has 0 radical (unpaired) electrons. The van der Waals surface area contributed by atoms with Gasteiger partial charge in [-0.1, -0.05) is 6.07 Å². The second kappa shape index (κ2) is 4.78. The number of aromatic nitrogens is 1. The molecule has 84 valence electrons. The first-order chi connectivity index (χ1) is 7.81. The average molecular weight is 218 g/mol. The minimum Gasteiger partial charge on any atom is -0.468 e. The zero-order valence-electron chi connectivity index (χ0n) is 8.76. The van der Waals surface area contributed by atoms with E-state index in [1.165, 1.54) is 0 Å². The number of rotatable bonds is 4. The summed E-state index contributed by atoms with van der Waals surface area (Å²) < 4.78 is 5.29. The standard InChI is InChI=1S/C11H14N4O/c12-11-8(3-1-5-14-11)7-9(15-13)10-4-2-6-16-10/h1-6,9,15H,7,13H2,(H2,12,14). The van der Waals surface area contributed by atoms with Crippen molar-refractivity contribution in [2.45, 2.75) is 12.5 Å². The number of hydrogen-bond donors (Lipinski definition) is 3. The van der Waals surface area contributed by atoms with Gasteiger partial charge < -0.3 is 10.2 Å². The summed E-state index contributed by atoms with van der Waals surface area (Å²) in [5.74, 6) is 6.80. The molecule has 0 amide bonds. The summed E-state index contributed by atoms with van der Waals surface area (Å²) in [5, 5.41) is 0. The van der Waals surface area contributed by atoms with Crippen molar-refractivity contribution in [2.75, 3.05) is 5.73 Å². The molecule has 0 saturated carbocycles. The highest BCUT2D eigenvalue weighted by atomic mass is 16.3. The fraction of sp³-hybridized carbons (Fsp3) is 0.182. The van der Waals surface area contributed by atoms with Crippen molar-refractivity contribution in [3.63, 3.8) is 0 Å². The monoisotopic (exact) mass is 218 g/mol. The van der Waals surface area contributed by atoms with Gasteiger partial charge in [0.15, 0.2) is 0 Å². The molecular formula is C11H14N4O. The highest BCUT2D eigenvalue weighted by Crippen LogP contribution is 2.20. The van der Waals surface area contributed by atoms with Gasteiger partial charge in [0.05, 0.1) is 12.3 Å². The topological polar surface area (TPSA) is 90.1 Å². The maximum Gasteiger partial charge on any atom is 0.126 e. The van der Waals surface area contributed by atoms with Crippen LogP contribution >= 0.6 is 0 Å². The van der Waals surface area contributed by atoms with Crippen molar-refractivity contribution in [2.24, 2.45) is 5.84 Å². The van der Waals surface area contributed by atoms with Gasteiger partial charge in [-0.15, -0.1) is 0 Å². The molecule has 0 spiro atoms. The molecule has 2 aromatic rings. The lowest BCUT2D eigenvalue weighted by molar-refractivity contribution is 0.416. The number of nitrogens with one attached hydrogen (secondary N) is 1. The normalized spacial score (nSPS) is 12.6. The lowest BCUT2D eigenvalue weighted by atomic mass is 10.1. The molecule has 0 saturated heterocycles. The van der Waals surface area contributed by atoms with Crippen LogP contribution in [0.2, 0.25) is 0 Å². The molecule has 2 aromatic heterocycles. The summed E-state index contributed by atoms with van der Waals surface area (Å²) in [5.41, 5.74) is 9.42. The summed E-state index contributed by atoms with van der Waals surface area (Å²) in [6.07, 6.45) is 3.92. The van der Waals surface area contributed by atoms with E-state index in [-0.39, 0.29) is 6.04 Å². The highest BCUT2D eigenvalue weighted by Gasteiger charge is 2.14. The van der Waals surface area contributed by atoms with Crippen LogP contribution in [0.15, 0.2) is 41.1 Å². The Morgan fingerprint density at radius 2 is 2.25 bits per heavy atom. The van der Waals surface area contributed by atoms with Crippen molar-refractivity contribution < 1.29 is 4.42 Å². The lowest BCUT2D eigenvalue weighted by Gasteiger charge is -2.13. The average Bonchev–Trinajstić information content (AvgIpc) is 2.81. The van der Waals surface area contributed by atoms with E-state index < -0.39 is 0 Å². The van der Waals surface area contributed by atoms with Crippen LogP contribution in [0.25, 0.3) is 0 Å². The van der Waals surface area contributed by atoms with E-state index >= 15 is 0 Å². The van der Waals surface area contributed by atoms with Gasteiger partial charge in [0.1, 0.15) is 11.6 Å². The largest absolute Gasteiger partial charge is 0.468 e. The number of nitrogen functional groups attached to an aromatic ring is 1. The third-order valence-electron chi connectivity index (χ3n) is 2.44. The molecule has 0 aliphatic heterocycles. The predicted octanol–water partition coefficient (Wildman–Crippen LogP) is 1.00. The molecule has 16 heavy (non-hydrogen) atoms. The van der Waals surface area contributed by atoms with Crippen LogP contribution in [0.4, 0.5) is 5.82 Å². The van der Waals surface area contributed by atoms with Crippen molar-refractivity contribution >= 4 is 5.82 Å². The van der Waals surface area contributed by atoms with Crippen molar-refractivity contribution in [1.82, 2.24) is 10.4 Å². The highest BCUT2D eigenvalue weighted by molar-refractivity contribution is 5.39. The van der Waals surface area contributed by atoms with Gasteiger partial charge in [-0.05, 0) is 30.2 Å².